The Morgan fingerprint density at radius 2 is 0.816 bits per heavy atom. The first-order valence-corrected chi connectivity index (χ1v) is 17.0. The fourth-order valence-corrected chi connectivity index (χ4v) is 7.55. The molecule has 0 fully saturated rings. The summed E-state index contributed by atoms with van der Waals surface area (Å²) in [5.41, 5.74) is 13.1. The third kappa shape index (κ3) is 5.01. The van der Waals surface area contributed by atoms with Crippen LogP contribution in [0.1, 0.15) is 6.92 Å². The zero-order valence-electron chi connectivity index (χ0n) is 27.3. The molecule has 9 rings (SSSR count). The van der Waals surface area contributed by atoms with Gasteiger partial charge in [-0.3, -0.25) is 0 Å². The molecule has 0 saturated heterocycles. The molecule has 49 heavy (non-hydrogen) atoms. The smallest absolute Gasteiger partial charge is 0.141 e. The molecule has 0 radical (unpaired) electrons. The van der Waals surface area contributed by atoms with E-state index in [1.807, 2.05) is 0 Å². The average molecular weight is 627 g/mol. The van der Waals surface area contributed by atoms with Crippen molar-refractivity contribution in [2.45, 2.75) is 13.5 Å². The molecular formula is C47H34N2. The Morgan fingerprint density at radius 1 is 0.388 bits per heavy atom. The van der Waals surface area contributed by atoms with E-state index in [9.17, 15) is 0 Å². The molecule has 0 unspecified atom stereocenters. The predicted octanol–water partition coefficient (Wildman–Crippen LogP) is 12.7. The summed E-state index contributed by atoms with van der Waals surface area (Å²) in [6, 6.07) is 63.7. The summed E-state index contributed by atoms with van der Waals surface area (Å²) in [6.45, 7) is 3.05. The van der Waals surface area contributed by atoms with Crippen LogP contribution in [0.2, 0.25) is 0 Å². The normalized spacial score (nSPS) is 11.4. The highest BCUT2D eigenvalue weighted by atomic mass is 15.1. The molecule has 0 aliphatic rings. The van der Waals surface area contributed by atoms with Crippen molar-refractivity contribution in [3.05, 3.63) is 176 Å². The third-order valence-corrected chi connectivity index (χ3v) is 9.75. The first kappa shape index (κ1) is 28.9. The Hall–Kier alpha value is -6.25. The van der Waals surface area contributed by atoms with Crippen LogP contribution in [-0.4, -0.2) is 9.55 Å². The van der Waals surface area contributed by atoms with Crippen molar-refractivity contribution in [2.75, 3.05) is 0 Å². The Bertz CT molecular complexity index is 2520. The van der Waals surface area contributed by atoms with Crippen LogP contribution in [0.3, 0.4) is 0 Å². The van der Waals surface area contributed by atoms with Gasteiger partial charge in [-0.25, -0.2) is 4.98 Å². The lowest BCUT2D eigenvalue weighted by molar-refractivity contribution is 0.796. The van der Waals surface area contributed by atoms with E-state index < -0.39 is 0 Å². The molecule has 8 aromatic carbocycles. The first-order valence-electron chi connectivity index (χ1n) is 17.0. The largest absolute Gasteiger partial charge is 0.324 e. The van der Waals surface area contributed by atoms with Crippen LogP contribution >= 0.6 is 0 Å². The second-order valence-corrected chi connectivity index (χ2v) is 12.6. The number of fused-ring (bicyclic) bond motifs is 3. The number of aryl methyl sites for hydroxylation is 1. The molecule has 0 amide bonds. The molecule has 232 valence electrons. The molecule has 0 aliphatic heterocycles. The van der Waals surface area contributed by atoms with Crippen LogP contribution in [0.15, 0.2) is 176 Å². The summed E-state index contributed by atoms with van der Waals surface area (Å²) < 4.78 is 2.32. The fourth-order valence-electron chi connectivity index (χ4n) is 7.55. The highest BCUT2D eigenvalue weighted by Gasteiger charge is 2.19. The van der Waals surface area contributed by atoms with Crippen LogP contribution in [0.25, 0.3) is 88.5 Å². The van der Waals surface area contributed by atoms with Crippen molar-refractivity contribution in [3.8, 4) is 55.9 Å². The van der Waals surface area contributed by atoms with Gasteiger partial charge in [-0.15, -0.1) is 0 Å². The van der Waals surface area contributed by atoms with E-state index >= 15 is 0 Å². The van der Waals surface area contributed by atoms with E-state index in [1.165, 1.54) is 71.6 Å². The summed E-state index contributed by atoms with van der Waals surface area (Å²) in [6.07, 6.45) is 0. The van der Waals surface area contributed by atoms with E-state index in [0.717, 1.165) is 23.4 Å². The van der Waals surface area contributed by atoms with Gasteiger partial charge in [0.15, 0.2) is 0 Å². The summed E-state index contributed by atoms with van der Waals surface area (Å²) in [7, 11) is 0. The van der Waals surface area contributed by atoms with Gasteiger partial charge in [-0.1, -0.05) is 140 Å². The van der Waals surface area contributed by atoms with E-state index in [4.69, 9.17) is 4.98 Å². The summed E-state index contributed by atoms with van der Waals surface area (Å²) in [5, 5.41) is 4.96. The number of para-hydroxylation sites is 2. The van der Waals surface area contributed by atoms with Crippen molar-refractivity contribution in [2.24, 2.45) is 0 Å². The maximum Gasteiger partial charge on any atom is 0.141 e. The number of imidazole rings is 1. The molecule has 2 nitrogen and oxygen atoms in total. The Labute approximate surface area is 286 Å². The molecule has 9 aromatic rings. The quantitative estimate of drug-likeness (QED) is 0.168. The van der Waals surface area contributed by atoms with Crippen molar-refractivity contribution in [1.82, 2.24) is 9.55 Å². The Kier molecular flexibility index (Phi) is 7.13. The van der Waals surface area contributed by atoms with Gasteiger partial charge in [0.1, 0.15) is 5.82 Å². The highest BCUT2D eigenvalue weighted by molar-refractivity contribution is 6.21. The van der Waals surface area contributed by atoms with Gasteiger partial charge in [0.05, 0.1) is 11.0 Å². The van der Waals surface area contributed by atoms with E-state index in [2.05, 4.69) is 187 Å². The maximum absolute atomic E-state index is 5.10. The van der Waals surface area contributed by atoms with Gasteiger partial charge >= 0.3 is 0 Å². The molecule has 2 heteroatoms. The number of rotatable bonds is 6. The van der Waals surface area contributed by atoms with Crippen LogP contribution in [-0.2, 0) is 6.54 Å². The van der Waals surface area contributed by atoms with Crippen molar-refractivity contribution >= 4 is 32.6 Å². The van der Waals surface area contributed by atoms with Crippen LogP contribution in [0, 0.1) is 0 Å². The van der Waals surface area contributed by atoms with Gasteiger partial charge in [-0.2, -0.15) is 0 Å². The first-order chi connectivity index (χ1) is 24.3. The number of nitrogens with zero attached hydrogens (tertiary/aromatic N) is 2. The average Bonchev–Trinajstić information content (AvgIpc) is 3.56. The number of hydrogen-bond donors (Lipinski definition) is 0. The Morgan fingerprint density at radius 3 is 1.39 bits per heavy atom. The van der Waals surface area contributed by atoms with Crippen molar-refractivity contribution in [1.29, 1.82) is 0 Å². The minimum absolute atomic E-state index is 0.855. The minimum atomic E-state index is 0.855. The molecule has 0 atom stereocenters. The Balaban J connectivity index is 1.31. The van der Waals surface area contributed by atoms with E-state index in [-0.39, 0.29) is 0 Å². The SMILES string of the molecule is CCn1c(-c2cccc(-c3c4ccccc4c(-c4cc(-c5ccccc5)cc(-c5ccccc5)c4)c4ccccc34)c2)nc2ccccc21. The lowest BCUT2D eigenvalue weighted by atomic mass is 9.84. The van der Waals surface area contributed by atoms with Crippen molar-refractivity contribution in [3.63, 3.8) is 0 Å². The van der Waals surface area contributed by atoms with Crippen LogP contribution in [0.4, 0.5) is 0 Å². The van der Waals surface area contributed by atoms with Crippen molar-refractivity contribution < 1.29 is 0 Å². The van der Waals surface area contributed by atoms with E-state index in [0.29, 0.717) is 0 Å². The van der Waals surface area contributed by atoms with Gasteiger partial charge < -0.3 is 4.57 Å². The fraction of sp³-hybridized carbons (Fsp3) is 0.0426. The molecule has 0 aliphatic carbocycles. The predicted molar refractivity (Wildman–Crippen MR) is 208 cm³/mol. The lowest BCUT2D eigenvalue weighted by Crippen LogP contribution is -1.97. The summed E-state index contributed by atoms with van der Waals surface area (Å²) in [4.78, 5) is 5.10. The van der Waals surface area contributed by atoms with Crippen LogP contribution in [0.5, 0.6) is 0 Å². The standard InChI is InChI=1S/C47H34N2/c1-2-49-44-27-14-13-26-43(44)48-47(49)35-21-15-20-34(28-35)45-39-22-9-11-24-41(39)46(42-25-12-10-23-40(42)45)38-30-36(32-16-5-3-6-17-32)29-37(31-38)33-18-7-4-8-19-33/h3-31H,2H2,1H3. The second-order valence-electron chi connectivity index (χ2n) is 12.6. The number of benzene rings is 8. The maximum atomic E-state index is 5.10. The van der Waals surface area contributed by atoms with Gasteiger partial charge in [0.25, 0.3) is 0 Å². The lowest BCUT2D eigenvalue weighted by Gasteiger charge is -2.19. The third-order valence-electron chi connectivity index (χ3n) is 9.75. The molecule has 1 heterocycles. The number of hydrogen-bond acceptors (Lipinski definition) is 1. The monoisotopic (exact) mass is 626 g/mol. The van der Waals surface area contributed by atoms with Gasteiger partial charge in [-0.05, 0) is 109 Å². The number of aromatic nitrogens is 2. The highest BCUT2D eigenvalue weighted by Crippen LogP contribution is 2.45. The topological polar surface area (TPSA) is 17.8 Å². The zero-order chi connectivity index (χ0) is 32.7. The minimum Gasteiger partial charge on any atom is -0.324 e. The molecular weight excluding hydrogens is 593 g/mol. The molecule has 0 saturated carbocycles. The second kappa shape index (κ2) is 12.1. The molecule has 0 N–H and O–H groups in total. The van der Waals surface area contributed by atoms with Gasteiger partial charge in [0.2, 0.25) is 0 Å². The van der Waals surface area contributed by atoms with Crippen LogP contribution < -0.4 is 0 Å². The molecule has 0 bridgehead atoms. The zero-order valence-corrected chi connectivity index (χ0v) is 27.3. The summed E-state index contributed by atoms with van der Waals surface area (Å²) >= 11 is 0. The summed E-state index contributed by atoms with van der Waals surface area (Å²) in [5.74, 6) is 1.00. The van der Waals surface area contributed by atoms with E-state index in [1.54, 1.807) is 0 Å². The molecule has 0 spiro atoms. The van der Waals surface area contributed by atoms with Gasteiger partial charge in [0, 0.05) is 12.1 Å². The molecule has 1 aromatic heterocycles.